The van der Waals surface area contributed by atoms with Gasteiger partial charge < -0.3 is 10.1 Å². The molecule has 0 fully saturated rings. The summed E-state index contributed by atoms with van der Waals surface area (Å²) in [6, 6.07) is 13.6. The Hall–Kier alpha value is -3.06. The van der Waals surface area contributed by atoms with E-state index in [1.54, 1.807) is 19.1 Å². The SMILES string of the molecule is Cc1ccccc1CNC(=O)COC(=O)c1sc(-c2ccc(F)cc2)nc1C. The highest BCUT2D eigenvalue weighted by Gasteiger charge is 2.18. The molecule has 0 aliphatic carbocycles. The number of nitrogens with one attached hydrogen (secondary N) is 1. The van der Waals surface area contributed by atoms with Gasteiger partial charge in [-0.15, -0.1) is 11.3 Å². The van der Waals surface area contributed by atoms with Crippen LogP contribution in [0.2, 0.25) is 0 Å². The minimum Gasteiger partial charge on any atom is -0.451 e. The number of benzene rings is 2. The van der Waals surface area contributed by atoms with Crippen molar-refractivity contribution in [2.45, 2.75) is 20.4 Å². The largest absolute Gasteiger partial charge is 0.451 e. The lowest BCUT2D eigenvalue weighted by atomic mass is 10.1. The first kappa shape index (κ1) is 19.7. The highest BCUT2D eigenvalue weighted by Crippen LogP contribution is 2.28. The first-order valence-corrected chi connectivity index (χ1v) is 9.47. The highest BCUT2D eigenvalue weighted by atomic mass is 32.1. The van der Waals surface area contributed by atoms with Gasteiger partial charge in [0.1, 0.15) is 15.7 Å². The normalized spacial score (nSPS) is 10.5. The maximum absolute atomic E-state index is 13.1. The summed E-state index contributed by atoms with van der Waals surface area (Å²) >= 11 is 1.15. The molecular weight excluding hydrogens is 379 g/mol. The van der Waals surface area contributed by atoms with Crippen molar-refractivity contribution in [2.24, 2.45) is 0 Å². The number of carbonyl (C=O) groups is 2. The van der Waals surface area contributed by atoms with E-state index in [9.17, 15) is 14.0 Å². The molecule has 0 unspecified atom stereocenters. The van der Waals surface area contributed by atoms with Crippen molar-refractivity contribution in [3.05, 3.63) is 76.0 Å². The van der Waals surface area contributed by atoms with E-state index in [2.05, 4.69) is 10.3 Å². The topological polar surface area (TPSA) is 68.3 Å². The average Bonchev–Trinajstić information content (AvgIpc) is 3.07. The molecule has 1 heterocycles. The zero-order valence-electron chi connectivity index (χ0n) is 15.5. The summed E-state index contributed by atoms with van der Waals surface area (Å²) < 4.78 is 18.2. The van der Waals surface area contributed by atoms with E-state index in [-0.39, 0.29) is 18.3 Å². The zero-order valence-corrected chi connectivity index (χ0v) is 16.3. The number of rotatable bonds is 6. The minimum absolute atomic E-state index is 0.325. The van der Waals surface area contributed by atoms with Gasteiger partial charge in [-0.05, 0) is 49.2 Å². The molecule has 0 radical (unpaired) electrons. The number of esters is 1. The van der Waals surface area contributed by atoms with Crippen molar-refractivity contribution < 1.29 is 18.7 Å². The number of hydrogen-bond donors (Lipinski definition) is 1. The van der Waals surface area contributed by atoms with E-state index in [4.69, 9.17) is 4.74 Å². The molecule has 0 aliphatic rings. The zero-order chi connectivity index (χ0) is 20.1. The van der Waals surface area contributed by atoms with Gasteiger partial charge in [-0.2, -0.15) is 0 Å². The second kappa shape index (κ2) is 8.75. The number of aromatic nitrogens is 1. The summed E-state index contributed by atoms with van der Waals surface area (Å²) in [6.45, 7) is 3.66. The van der Waals surface area contributed by atoms with Gasteiger partial charge in [-0.1, -0.05) is 24.3 Å². The third-order valence-electron chi connectivity index (χ3n) is 4.14. The van der Waals surface area contributed by atoms with Crippen LogP contribution in [0.25, 0.3) is 10.6 Å². The van der Waals surface area contributed by atoms with Gasteiger partial charge in [0.05, 0.1) is 5.69 Å². The fourth-order valence-electron chi connectivity index (χ4n) is 2.55. The van der Waals surface area contributed by atoms with Crippen molar-refractivity contribution in [1.82, 2.24) is 10.3 Å². The first-order valence-electron chi connectivity index (χ1n) is 8.65. The Balaban J connectivity index is 1.57. The molecule has 1 aromatic heterocycles. The van der Waals surface area contributed by atoms with Crippen molar-refractivity contribution in [3.63, 3.8) is 0 Å². The maximum Gasteiger partial charge on any atom is 0.350 e. The van der Waals surface area contributed by atoms with Crippen molar-refractivity contribution in [3.8, 4) is 10.6 Å². The van der Waals surface area contributed by atoms with Gasteiger partial charge in [0, 0.05) is 12.1 Å². The molecule has 0 atom stereocenters. The van der Waals surface area contributed by atoms with Crippen LogP contribution in [0.3, 0.4) is 0 Å². The van der Waals surface area contributed by atoms with Crippen LogP contribution < -0.4 is 5.32 Å². The summed E-state index contributed by atoms with van der Waals surface area (Å²) in [5.74, 6) is -1.32. The van der Waals surface area contributed by atoms with E-state index in [1.165, 1.54) is 12.1 Å². The molecular formula is C21H19FN2O3S. The number of aryl methyl sites for hydroxylation is 2. The molecule has 5 nitrogen and oxygen atoms in total. The van der Waals surface area contributed by atoms with Gasteiger partial charge in [0.15, 0.2) is 6.61 Å². The molecule has 1 N–H and O–H groups in total. The molecule has 3 rings (SSSR count). The van der Waals surface area contributed by atoms with Crippen LogP contribution in [0.15, 0.2) is 48.5 Å². The van der Waals surface area contributed by atoms with Crippen LogP contribution >= 0.6 is 11.3 Å². The van der Waals surface area contributed by atoms with Crippen molar-refractivity contribution in [2.75, 3.05) is 6.61 Å². The van der Waals surface area contributed by atoms with Gasteiger partial charge >= 0.3 is 5.97 Å². The number of nitrogens with zero attached hydrogens (tertiary/aromatic N) is 1. The average molecular weight is 398 g/mol. The Morgan fingerprint density at radius 1 is 1.11 bits per heavy atom. The lowest BCUT2D eigenvalue weighted by Gasteiger charge is -2.08. The summed E-state index contributed by atoms with van der Waals surface area (Å²) in [5.41, 5.74) is 3.30. The van der Waals surface area contributed by atoms with Gasteiger partial charge in [0.25, 0.3) is 5.91 Å². The smallest absolute Gasteiger partial charge is 0.350 e. The van der Waals surface area contributed by atoms with E-state index >= 15 is 0 Å². The lowest BCUT2D eigenvalue weighted by molar-refractivity contribution is -0.124. The Morgan fingerprint density at radius 3 is 2.54 bits per heavy atom. The van der Waals surface area contributed by atoms with Crippen molar-refractivity contribution in [1.29, 1.82) is 0 Å². The van der Waals surface area contributed by atoms with Gasteiger partial charge in [0.2, 0.25) is 0 Å². The molecule has 0 saturated heterocycles. The van der Waals surface area contributed by atoms with Gasteiger partial charge in [-0.25, -0.2) is 14.2 Å². The van der Waals surface area contributed by atoms with Crippen LogP contribution in [0.4, 0.5) is 4.39 Å². The fraction of sp³-hybridized carbons (Fsp3) is 0.190. The number of ether oxygens (including phenoxy) is 1. The van der Waals surface area contributed by atoms with Crippen LogP contribution in [0, 0.1) is 19.7 Å². The van der Waals surface area contributed by atoms with E-state index in [0.29, 0.717) is 27.7 Å². The standard InChI is InChI=1S/C21H19FN2O3S/c1-13-5-3-4-6-16(13)11-23-18(25)12-27-21(26)19-14(2)24-20(28-19)15-7-9-17(22)10-8-15/h3-10H,11-12H2,1-2H3,(H,23,25). The summed E-state index contributed by atoms with van der Waals surface area (Å²) in [7, 11) is 0. The quantitative estimate of drug-likeness (QED) is 0.637. The van der Waals surface area contributed by atoms with E-state index < -0.39 is 5.97 Å². The van der Waals surface area contributed by atoms with Crippen LogP contribution in [0.1, 0.15) is 26.5 Å². The molecule has 0 aliphatic heterocycles. The lowest BCUT2D eigenvalue weighted by Crippen LogP contribution is -2.28. The highest BCUT2D eigenvalue weighted by molar-refractivity contribution is 7.17. The first-order chi connectivity index (χ1) is 13.4. The van der Waals surface area contributed by atoms with Gasteiger partial charge in [-0.3, -0.25) is 4.79 Å². The monoisotopic (exact) mass is 398 g/mol. The third-order valence-corrected chi connectivity index (χ3v) is 5.33. The Bertz CT molecular complexity index is 999. The van der Waals surface area contributed by atoms with E-state index in [0.717, 1.165) is 22.5 Å². The molecule has 28 heavy (non-hydrogen) atoms. The molecule has 0 bridgehead atoms. The second-order valence-electron chi connectivity index (χ2n) is 6.22. The molecule has 3 aromatic rings. The summed E-state index contributed by atoms with van der Waals surface area (Å²) in [4.78, 5) is 28.9. The minimum atomic E-state index is -0.602. The molecule has 144 valence electrons. The fourth-order valence-corrected chi connectivity index (χ4v) is 3.52. The maximum atomic E-state index is 13.1. The molecule has 1 amide bonds. The number of carbonyl (C=O) groups excluding carboxylic acids is 2. The predicted molar refractivity (Wildman–Crippen MR) is 106 cm³/mol. The Labute approximate surface area is 166 Å². The van der Waals surface area contributed by atoms with Crippen LogP contribution in [0.5, 0.6) is 0 Å². The third kappa shape index (κ3) is 4.80. The summed E-state index contributed by atoms with van der Waals surface area (Å²) in [6.07, 6.45) is 0. The summed E-state index contributed by atoms with van der Waals surface area (Å²) in [5, 5.41) is 3.32. The molecule has 0 saturated carbocycles. The van der Waals surface area contributed by atoms with Crippen LogP contribution in [-0.2, 0) is 16.1 Å². The number of thiazole rings is 1. The number of halogens is 1. The number of amides is 1. The Morgan fingerprint density at radius 2 is 1.82 bits per heavy atom. The Kier molecular flexibility index (Phi) is 6.16. The number of hydrogen-bond acceptors (Lipinski definition) is 5. The molecule has 2 aromatic carbocycles. The van der Waals surface area contributed by atoms with Crippen molar-refractivity contribution >= 4 is 23.2 Å². The molecule has 7 heteroatoms. The second-order valence-corrected chi connectivity index (χ2v) is 7.22. The molecule has 0 spiro atoms. The van der Waals surface area contributed by atoms with Crippen LogP contribution in [-0.4, -0.2) is 23.5 Å². The predicted octanol–water partition coefficient (Wildman–Crippen LogP) is 4.04. The van der Waals surface area contributed by atoms with E-state index in [1.807, 2.05) is 31.2 Å².